The van der Waals surface area contributed by atoms with Crippen LogP contribution < -0.4 is 16.4 Å². The Morgan fingerprint density at radius 3 is 2.34 bits per heavy atom. The van der Waals surface area contributed by atoms with E-state index in [-0.39, 0.29) is 62.9 Å². The maximum absolute atomic E-state index is 12.4. The molecular weight excluding hydrogens is 599 g/mol. The van der Waals surface area contributed by atoms with Gasteiger partial charge in [0.15, 0.2) is 0 Å². The predicted octanol–water partition coefficient (Wildman–Crippen LogP) is 4.64. The Kier molecular flexibility index (Phi) is 17.5. The third-order valence-corrected chi connectivity index (χ3v) is 5.43. The van der Waals surface area contributed by atoms with E-state index in [2.05, 4.69) is 20.5 Å². The molecule has 15 heteroatoms. The number of halogens is 3. The van der Waals surface area contributed by atoms with Crippen LogP contribution in [0.25, 0.3) is 0 Å². The highest BCUT2D eigenvalue weighted by atomic mass is 35.5. The van der Waals surface area contributed by atoms with Crippen LogP contribution in [0, 0.1) is 10.1 Å². The highest BCUT2D eigenvalue weighted by Gasteiger charge is 2.09. The molecule has 1 heterocycles. The van der Waals surface area contributed by atoms with Crippen molar-refractivity contribution >= 4 is 60.6 Å². The number of pyridine rings is 1. The van der Waals surface area contributed by atoms with E-state index in [0.717, 1.165) is 16.8 Å². The number of ether oxygens (including phenoxy) is 1. The molecule has 0 aliphatic carbocycles. The minimum absolute atomic E-state index is 0. The van der Waals surface area contributed by atoms with Crippen molar-refractivity contribution in [3.05, 3.63) is 99.4 Å². The fourth-order valence-electron chi connectivity index (χ4n) is 3.42. The molecule has 1 aromatic heterocycles. The van der Waals surface area contributed by atoms with E-state index in [0.29, 0.717) is 36.4 Å². The lowest BCUT2D eigenvalue weighted by molar-refractivity contribution is -0.757. The Bertz CT molecular complexity index is 1240. The van der Waals surface area contributed by atoms with Gasteiger partial charge in [0.25, 0.3) is 11.0 Å². The fourth-order valence-corrected chi connectivity index (χ4v) is 3.42. The molecule has 2 amide bonds. The number of alkyl carbamates (subject to hydrolysis) is 1. The summed E-state index contributed by atoms with van der Waals surface area (Å²) < 4.78 is 5.25. The quantitative estimate of drug-likeness (QED) is 0.106. The van der Waals surface area contributed by atoms with Crippen molar-refractivity contribution in [3.8, 4) is 0 Å². The number of hydrogen-bond acceptors (Lipinski definition) is 9. The van der Waals surface area contributed by atoms with E-state index in [9.17, 15) is 19.7 Å². The third kappa shape index (κ3) is 13.4. The Balaban J connectivity index is 0.00000533. The van der Waals surface area contributed by atoms with Gasteiger partial charge in [-0.1, -0.05) is 30.3 Å². The molecule has 2 aromatic carbocycles. The fraction of sp³-hybridized carbons (Fsp3) is 0.269. The zero-order chi connectivity index (χ0) is 27.3. The van der Waals surface area contributed by atoms with Crippen LogP contribution in [0.15, 0.2) is 66.9 Å². The molecule has 0 atom stereocenters. The highest BCUT2D eigenvalue weighted by Crippen LogP contribution is 2.18. The lowest BCUT2D eigenvalue weighted by Crippen LogP contribution is -2.23. The molecule has 12 nitrogen and oxygen atoms in total. The molecule has 4 N–H and O–H groups in total. The zero-order valence-electron chi connectivity index (χ0n) is 22.2. The van der Waals surface area contributed by atoms with Crippen LogP contribution >= 0.6 is 37.2 Å². The summed E-state index contributed by atoms with van der Waals surface area (Å²) in [5.41, 5.74) is 9.71. The molecule has 0 saturated heterocycles. The Hall–Kier alpha value is -3.84. The van der Waals surface area contributed by atoms with E-state index in [1.165, 1.54) is 0 Å². The third-order valence-electron chi connectivity index (χ3n) is 5.43. The molecule has 41 heavy (non-hydrogen) atoms. The van der Waals surface area contributed by atoms with Crippen LogP contribution in [0.2, 0.25) is 0 Å². The lowest BCUT2D eigenvalue weighted by atomic mass is 10.1. The number of aromatic nitrogens is 1. The second kappa shape index (κ2) is 19.3. The van der Waals surface area contributed by atoms with E-state index in [1.807, 2.05) is 24.1 Å². The largest absolute Gasteiger partial charge is 0.445 e. The van der Waals surface area contributed by atoms with Gasteiger partial charge in [-0.25, -0.2) is 4.79 Å². The van der Waals surface area contributed by atoms with Crippen molar-refractivity contribution in [3.63, 3.8) is 0 Å². The van der Waals surface area contributed by atoms with Gasteiger partial charge in [-0.05, 0) is 49.4 Å². The lowest BCUT2D eigenvalue weighted by Gasteiger charge is -2.15. The van der Waals surface area contributed by atoms with E-state index < -0.39 is 11.2 Å². The number of carbonyl (C=O) groups is 2. The summed E-state index contributed by atoms with van der Waals surface area (Å²) in [6.45, 7) is 1.55. The van der Waals surface area contributed by atoms with Crippen LogP contribution in [-0.4, -0.2) is 47.2 Å². The molecule has 0 fully saturated rings. The molecule has 0 spiro atoms. The van der Waals surface area contributed by atoms with Gasteiger partial charge in [0.1, 0.15) is 6.61 Å². The predicted molar refractivity (Wildman–Crippen MR) is 162 cm³/mol. The summed E-state index contributed by atoms with van der Waals surface area (Å²) in [4.78, 5) is 45.3. The van der Waals surface area contributed by atoms with Crippen LogP contribution in [0.4, 0.5) is 16.2 Å². The summed E-state index contributed by atoms with van der Waals surface area (Å²) in [6.07, 6.45) is 1.59. The maximum atomic E-state index is 12.4. The number of carbonyl (C=O) groups excluding carboxylic acids is 2. The van der Waals surface area contributed by atoms with Gasteiger partial charge in [0.05, 0.1) is 23.7 Å². The van der Waals surface area contributed by atoms with Crippen LogP contribution in [0.1, 0.15) is 33.6 Å². The first-order chi connectivity index (χ1) is 18.3. The van der Waals surface area contributed by atoms with Crippen molar-refractivity contribution < 1.29 is 24.3 Å². The topological polar surface area (TPSA) is 162 Å². The molecule has 0 unspecified atom stereocenters. The molecule has 0 bridgehead atoms. The number of nitrogen functional groups attached to an aromatic ring is 1. The van der Waals surface area contributed by atoms with Crippen LogP contribution in [0.3, 0.4) is 0 Å². The average Bonchev–Trinajstić information content (AvgIpc) is 2.91. The van der Waals surface area contributed by atoms with Gasteiger partial charge in [-0.2, -0.15) is 0 Å². The molecule has 0 saturated carbocycles. The van der Waals surface area contributed by atoms with Gasteiger partial charge >= 0.3 is 6.09 Å². The molecule has 0 aliphatic heterocycles. The number of nitrogens with zero attached hydrogens (tertiary/aromatic N) is 3. The number of hydrogen-bond donors (Lipinski definition) is 3. The number of anilines is 2. The highest BCUT2D eigenvalue weighted by molar-refractivity contribution is 6.05. The summed E-state index contributed by atoms with van der Waals surface area (Å²) in [5, 5.41) is 14.8. The SMILES string of the molecule is CN(CCCO[N+](=O)[O-])Cc1ccc(COC(=O)NCc2ccc(C(=O)Nc3ccccc3N)cc2)cn1.Cl.Cl.Cl. The normalized spacial score (nSPS) is 9.80. The molecule has 3 aromatic rings. The first kappa shape index (κ1) is 37.2. The monoisotopic (exact) mass is 630 g/mol. The van der Waals surface area contributed by atoms with Crippen molar-refractivity contribution in [1.82, 2.24) is 15.2 Å². The van der Waals surface area contributed by atoms with E-state index >= 15 is 0 Å². The molecule has 0 radical (unpaired) electrons. The Morgan fingerprint density at radius 1 is 1.02 bits per heavy atom. The van der Waals surface area contributed by atoms with Crippen molar-refractivity contribution in [2.24, 2.45) is 0 Å². The standard InChI is InChI=1S/C26H30N6O6.3ClH/c1-31(13-4-14-38-32(35)36)17-22-12-9-20(16-28-22)18-37-26(34)29-15-19-7-10-21(11-8-19)25(33)30-24-6-3-2-5-23(24)27;;;/h2-3,5-12,16H,4,13-15,17-18,27H2,1H3,(H,29,34)(H,30,33);3*1H. The van der Waals surface area contributed by atoms with Crippen molar-refractivity contribution in [2.45, 2.75) is 26.1 Å². The van der Waals surface area contributed by atoms with E-state index in [1.54, 1.807) is 54.7 Å². The summed E-state index contributed by atoms with van der Waals surface area (Å²) in [6, 6.07) is 17.5. The average molecular weight is 632 g/mol. The Morgan fingerprint density at radius 2 is 1.71 bits per heavy atom. The van der Waals surface area contributed by atoms with Gasteiger partial charge in [0.2, 0.25) is 0 Å². The summed E-state index contributed by atoms with van der Waals surface area (Å²) in [5.74, 6) is -0.282. The second-order valence-electron chi connectivity index (χ2n) is 8.47. The Labute approximate surface area is 256 Å². The minimum Gasteiger partial charge on any atom is -0.445 e. The van der Waals surface area contributed by atoms with Gasteiger partial charge in [0, 0.05) is 37.0 Å². The maximum Gasteiger partial charge on any atom is 0.407 e. The van der Waals surface area contributed by atoms with Gasteiger partial charge in [-0.15, -0.1) is 47.3 Å². The first-order valence-corrected chi connectivity index (χ1v) is 11.8. The van der Waals surface area contributed by atoms with Crippen molar-refractivity contribution in [2.75, 3.05) is 31.2 Å². The summed E-state index contributed by atoms with van der Waals surface area (Å²) in [7, 11) is 1.89. The van der Waals surface area contributed by atoms with E-state index in [4.69, 9.17) is 10.5 Å². The number of para-hydroxylation sites is 2. The zero-order valence-corrected chi connectivity index (χ0v) is 24.6. The van der Waals surface area contributed by atoms with Gasteiger partial charge in [-0.3, -0.25) is 9.78 Å². The smallest absolute Gasteiger partial charge is 0.407 e. The number of benzene rings is 2. The molecule has 3 rings (SSSR count). The molecule has 224 valence electrons. The molecular formula is C26H33Cl3N6O6. The number of rotatable bonds is 13. The van der Waals surface area contributed by atoms with Crippen LogP contribution in [-0.2, 0) is 29.3 Å². The number of nitrogens with two attached hydrogens (primary N) is 1. The minimum atomic E-state index is -0.799. The first-order valence-electron chi connectivity index (χ1n) is 11.8. The molecule has 0 aliphatic rings. The van der Waals surface area contributed by atoms with Gasteiger partial charge < -0.3 is 30.8 Å². The van der Waals surface area contributed by atoms with Crippen LogP contribution in [0.5, 0.6) is 0 Å². The van der Waals surface area contributed by atoms with Crippen molar-refractivity contribution in [1.29, 1.82) is 0 Å². The number of nitrogens with one attached hydrogen (secondary N) is 2. The number of amides is 2. The summed E-state index contributed by atoms with van der Waals surface area (Å²) >= 11 is 0. The second-order valence-corrected chi connectivity index (χ2v) is 8.47.